The first-order valence-corrected chi connectivity index (χ1v) is 9.40. The van der Waals surface area contributed by atoms with Crippen LogP contribution in [0, 0.1) is 0 Å². The molecular formula is C20H21BrN2O2. The van der Waals surface area contributed by atoms with E-state index in [0.717, 1.165) is 17.6 Å². The molecule has 3 atom stereocenters. The molecule has 0 unspecified atom stereocenters. The Hall–Kier alpha value is -1.69. The molecule has 130 valence electrons. The number of halogens is 1. The van der Waals surface area contributed by atoms with Crippen molar-refractivity contribution in [2.45, 2.75) is 24.5 Å². The van der Waals surface area contributed by atoms with Crippen LogP contribution in [-0.4, -0.2) is 52.6 Å². The summed E-state index contributed by atoms with van der Waals surface area (Å²) in [6.07, 6.45) is 0. The van der Waals surface area contributed by atoms with E-state index < -0.39 is 0 Å². The average molecular weight is 401 g/mol. The summed E-state index contributed by atoms with van der Waals surface area (Å²) in [5.74, 6) is 0.320. The molecule has 2 saturated heterocycles. The van der Waals surface area contributed by atoms with E-state index in [1.165, 1.54) is 11.1 Å². The van der Waals surface area contributed by atoms with E-state index in [0.29, 0.717) is 6.54 Å². The molecule has 4 rings (SSSR count). The maximum Gasteiger partial charge on any atom is 0.237 e. The third-order valence-corrected chi connectivity index (χ3v) is 5.86. The Morgan fingerprint density at radius 3 is 2.48 bits per heavy atom. The predicted octanol–water partition coefficient (Wildman–Crippen LogP) is 2.62. The zero-order chi connectivity index (χ0) is 17.4. The maximum atomic E-state index is 12.6. The molecule has 0 aliphatic carbocycles. The minimum Gasteiger partial charge on any atom is -0.394 e. The van der Waals surface area contributed by atoms with Gasteiger partial charge < -0.3 is 10.0 Å². The zero-order valence-electron chi connectivity index (χ0n) is 13.9. The van der Waals surface area contributed by atoms with Crippen molar-refractivity contribution in [1.29, 1.82) is 0 Å². The fraction of sp³-hybridized carbons (Fsp3) is 0.350. The third kappa shape index (κ3) is 3.12. The van der Waals surface area contributed by atoms with Gasteiger partial charge in [-0.05, 0) is 23.3 Å². The standard InChI is InChI=1S/C20H21BrN2O2/c21-16-8-6-15(7-9-16)20-17-11-22(10-14-4-2-1-3-5-14)12-19(25)23(17)18(20)13-24/h1-9,17-18,20,24H,10-13H2/t17-,18+,20-/m1/s1. The number of benzene rings is 2. The second-order valence-electron chi connectivity index (χ2n) is 6.85. The number of amides is 1. The van der Waals surface area contributed by atoms with Gasteiger partial charge in [0, 0.05) is 23.5 Å². The highest BCUT2D eigenvalue weighted by Gasteiger charge is 2.53. The molecule has 2 aromatic carbocycles. The smallest absolute Gasteiger partial charge is 0.237 e. The number of carbonyl (C=O) groups is 1. The van der Waals surface area contributed by atoms with Crippen LogP contribution >= 0.6 is 15.9 Å². The van der Waals surface area contributed by atoms with Gasteiger partial charge in [-0.2, -0.15) is 0 Å². The lowest BCUT2D eigenvalue weighted by Crippen LogP contribution is -2.72. The first-order valence-electron chi connectivity index (χ1n) is 8.61. The van der Waals surface area contributed by atoms with Crippen molar-refractivity contribution in [3.63, 3.8) is 0 Å². The van der Waals surface area contributed by atoms with Gasteiger partial charge in [-0.25, -0.2) is 0 Å². The molecule has 2 fully saturated rings. The highest BCUT2D eigenvalue weighted by Crippen LogP contribution is 2.43. The number of piperazine rings is 1. The fourth-order valence-electron chi connectivity index (χ4n) is 4.21. The van der Waals surface area contributed by atoms with Gasteiger partial charge in [0.05, 0.1) is 25.2 Å². The Balaban J connectivity index is 1.54. The number of hydrogen-bond donors (Lipinski definition) is 1. The van der Waals surface area contributed by atoms with E-state index >= 15 is 0 Å². The second-order valence-corrected chi connectivity index (χ2v) is 7.77. The van der Waals surface area contributed by atoms with Crippen LogP contribution in [0.2, 0.25) is 0 Å². The fourth-order valence-corrected chi connectivity index (χ4v) is 4.48. The monoisotopic (exact) mass is 400 g/mol. The number of aliphatic hydroxyl groups excluding tert-OH is 1. The molecule has 2 heterocycles. The van der Waals surface area contributed by atoms with E-state index in [2.05, 4.69) is 45.1 Å². The first kappa shape index (κ1) is 16.8. The van der Waals surface area contributed by atoms with Crippen molar-refractivity contribution >= 4 is 21.8 Å². The summed E-state index contributed by atoms with van der Waals surface area (Å²) >= 11 is 3.47. The quantitative estimate of drug-likeness (QED) is 0.857. The molecule has 1 amide bonds. The minimum atomic E-state index is -0.0995. The van der Waals surface area contributed by atoms with E-state index in [4.69, 9.17) is 0 Å². The molecule has 25 heavy (non-hydrogen) atoms. The van der Waals surface area contributed by atoms with Crippen LogP contribution in [0.5, 0.6) is 0 Å². The van der Waals surface area contributed by atoms with Gasteiger partial charge in [0.15, 0.2) is 0 Å². The summed E-state index contributed by atoms with van der Waals surface area (Å²) in [6, 6.07) is 18.5. The van der Waals surface area contributed by atoms with Crippen molar-refractivity contribution in [3.05, 3.63) is 70.2 Å². The molecule has 0 radical (unpaired) electrons. The van der Waals surface area contributed by atoms with Crippen LogP contribution in [0.3, 0.4) is 0 Å². The van der Waals surface area contributed by atoms with Crippen molar-refractivity contribution in [2.24, 2.45) is 0 Å². The highest BCUT2D eigenvalue weighted by atomic mass is 79.9. The second kappa shape index (κ2) is 6.90. The van der Waals surface area contributed by atoms with Crippen LogP contribution in [0.1, 0.15) is 17.0 Å². The van der Waals surface area contributed by atoms with Crippen LogP contribution in [0.4, 0.5) is 0 Å². The number of aliphatic hydroxyl groups is 1. The summed E-state index contributed by atoms with van der Waals surface area (Å²) in [5.41, 5.74) is 2.42. The SMILES string of the molecule is O=C1CN(Cc2ccccc2)C[C@@H]2[C@@H](c3ccc(Br)cc3)[C@H](CO)N12. The molecule has 0 spiro atoms. The summed E-state index contributed by atoms with van der Waals surface area (Å²) in [5, 5.41) is 9.81. The normalized spacial score (nSPS) is 26.2. The molecular weight excluding hydrogens is 380 g/mol. The van der Waals surface area contributed by atoms with Crippen LogP contribution in [0.15, 0.2) is 59.1 Å². The Bertz CT molecular complexity index is 750. The van der Waals surface area contributed by atoms with Gasteiger partial charge >= 0.3 is 0 Å². The molecule has 4 nitrogen and oxygen atoms in total. The lowest BCUT2D eigenvalue weighted by molar-refractivity contribution is -0.162. The van der Waals surface area contributed by atoms with Gasteiger partial charge in [-0.3, -0.25) is 9.69 Å². The summed E-state index contributed by atoms with van der Waals surface area (Å²) < 4.78 is 1.04. The van der Waals surface area contributed by atoms with Gasteiger partial charge in [0.1, 0.15) is 0 Å². The maximum absolute atomic E-state index is 12.6. The van der Waals surface area contributed by atoms with Gasteiger partial charge in [-0.15, -0.1) is 0 Å². The summed E-state index contributed by atoms with van der Waals surface area (Å²) in [6.45, 7) is 2.07. The molecule has 2 aliphatic heterocycles. The predicted molar refractivity (Wildman–Crippen MR) is 100 cm³/mol. The van der Waals surface area contributed by atoms with Gasteiger partial charge in [0.25, 0.3) is 0 Å². The highest BCUT2D eigenvalue weighted by molar-refractivity contribution is 9.10. The van der Waals surface area contributed by atoms with Gasteiger partial charge in [-0.1, -0.05) is 58.4 Å². The molecule has 0 bridgehead atoms. The topological polar surface area (TPSA) is 43.8 Å². The first-order chi connectivity index (χ1) is 12.2. The third-order valence-electron chi connectivity index (χ3n) is 5.33. The molecule has 5 heteroatoms. The van der Waals surface area contributed by atoms with Crippen molar-refractivity contribution in [1.82, 2.24) is 9.80 Å². The number of carbonyl (C=O) groups excluding carboxylic acids is 1. The Kier molecular flexibility index (Phi) is 4.63. The van der Waals surface area contributed by atoms with Crippen molar-refractivity contribution < 1.29 is 9.90 Å². The molecule has 0 saturated carbocycles. The average Bonchev–Trinajstić information content (AvgIpc) is 2.60. The number of fused-ring (bicyclic) bond motifs is 1. The zero-order valence-corrected chi connectivity index (χ0v) is 15.5. The van der Waals surface area contributed by atoms with E-state index in [1.807, 2.05) is 35.2 Å². The van der Waals surface area contributed by atoms with Crippen molar-refractivity contribution in [2.75, 3.05) is 19.7 Å². The molecule has 2 aromatic rings. The van der Waals surface area contributed by atoms with Crippen molar-refractivity contribution in [3.8, 4) is 0 Å². The van der Waals surface area contributed by atoms with E-state index in [1.54, 1.807) is 0 Å². The largest absolute Gasteiger partial charge is 0.394 e. The van der Waals surface area contributed by atoms with Gasteiger partial charge in [0.2, 0.25) is 5.91 Å². The number of rotatable bonds is 4. The summed E-state index contributed by atoms with van der Waals surface area (Å²) in [4.78, 5) is 16.7. The van der Waals surface area contributed by atoms with Crippen LogP contribution < -0.4 is 0 Å². The van der Waals surface area contributed by atoms with Crippen LogP contribution in [-0.2, 0) is 11.3 Å². The van der Waals surface area contributed by atoms with Crippen LogP contribution in [0.25, 0.3) is 0 Å². The Morgan fingerprint density at radius 2 is 1.80 bits per heavy atom. The Morgan fingerprint density at radius 1 is 1.08 bits per heavy atom. The minimum absolute atomic E-state index is 0.0155. The summed E-state index contributed by atoms with van der Waals surface area (Å²) in [7, 11) is 0. The van der Waals surface area contributed by atoms with E-state index in [9.17, 15) is 9.90 Å². The lowest BCUT2D eigenvalue weighted by atomic mass is 9.74. The lowest BCUT2D eigenvalue weighted by Gasteiger charge is -2.59. The molecule has 2 aliphatic rings. The molecule has 1 N–H and O–H groups in total. The number of hydrogen-bond acceptors (Lipinski definition) is 3. The molecule has 0 aromatic heterocycles. The Labute approximate surface area is 156 Å². The van der Waals surface area contributed by atoms with E-state index in [-0.39, 0.29) is 30.5 Å². The number of nitrogens with zero attached hydrogens (tertiary/aromatic N) is 2.